The molecule has 0 saturated carbocycles. The topological polar surface area (TPSA) is 53.6 Å². The second-order valence-electron chi connectivity index (χ2n) is 8.57. The number of hydrogen-bond donors (Lipinski definition) is 2. The van der Waals surface area contributed by atoms with Gasteiger partial charge >= 0.3 is 5.97 Å². The number of nitrogens with one attached hydrogen (secondary N) is 2. The van der Waals surface area contributed by atoms with Crippen LogP contribution in [-0.4, -0.2) is 49.2 Å². The third-order valence-corrected chi connectivity index (χ3v) is 6.04. The van der Waals surface area contributed by atoms with Crippen LogP contribution in [0.1, 0.15) is 45.6 Å². The Kier molecular flexibility index (Phi) is 6.90. The average molecular weight is 374 g/mol. The first kappa shape index (κ1) is 20.3. The second-order valence-corrected chi connectivity index (χ2v) is 8.57. The number of carbonyl (C=O) groups excluding carboxylic acids is 1. The summed E-state index contributed by atoms with van der Waals surface area (Å²) in [6.07, 6.45) is 3.84. The van der Waals surface area contributed by atoms with Gasteiger partial charge in [-0.1, -0.05) is 44.2 Å². The van der Waals surface area contributed by atoms with Gasteiger partial charge in [-0.05, 0) is 50.6 Å². The fourth-order valence-electron chi connectivity index (χ4n) is 4.56. The molecule has 2 fully saturated rings. The molecule has 1 aromatic carbocycles. The maximum Gasteiger partial charge on any atom is 0.313 e. The van der Waals surface area contributed by atoms with E-state index in [4.69, 9.17) is 4.74 Å². The molecule has 3 unspecified atom stereocenters. The van der Waals surface area contributed by atoms with Crippen molar-refractivity contribution in [3.05, 3.63) is 35.9 Å². The van der Waals surface area contributed by atoms with E-state index in [1.54, 1.807) is 0 Å². The van der Waals surface area contributed by atoms with Crippen molar-refractivity contribution in [3.63, 3.8) is 0 Å². The summed E-state index contributed by atoms with van der Waals surface area (Å²) < 4.78 is 5.53. The Morgan fingerprint density at radius 3 is 2.74 bits per heavy atom. The van der Waals surface area contributed by atoms with Crippen molar-refractivity contribution in [3.8, 4) is 0 Å². The summed E-state index contributed by atoms with van der Waals surface area (Å²) in [5.41, 5.74) is 7.67. The summed E-state index contributed by atoms with van der Waals surface area (Å²) in [6.45, 7) is 9.68. The Balaban J connectivity index is 1.69. The Morgan fingerprint density at radius 1 is 1.30 bits per heavy atom. The normalized spacial score (nSPS) is 29.2. The Hall–Kier alpha value is -1.43. The van der Waals surface area contributed by atoms with E-state index >= 15 is 0 Å². The molecule has 0 aliphatic carbocycles. The van der Waals surface area contributed by atoms with Gasteiger partial charge in [0, 0.05) is 25.2 Å². The van der Waals surface area contributed by atoms with E-state index in [1.807, 2.05) is 13.0 Å². The van der Waals surface area contributed by atoms with E-state index in [9.17, 15) is 4.79 Å². The number of hydrogen-bond acceptors (Lipinski definition) is 5. The average Bonchev–Trinajstić information content (AvgIpc) is 3.12. The van der Waals surface area contributed by atoms with Crippen LogP contribution in [0.4, 0.5) is 0 Å². The zero-order chi connectivity index (χ0) is 19.3. The maximum atomic E-state index is 13.0. The standard InChI is InChI=1S/C22H35N3O2/c1-4-27-21(26)22(14-18-9-6-5-7-10-18)11-8-12-25(16-22)15-19-13-20(17(2)3)24-23-19/h5-7,9-10,17,19-20,23-24H,4,8,11-16H2,1-3H3. The highest BCUT2D eigenvalue weighted by Gasteiger charge is 2.44. The molecule has 2 saturated heterocycles. The number of hydrazine groups is 1. The van der Waals surface area contributed by atoms with Crippen LogP contribution in [0.25, 0.3) is 0 Å². The number of rotatable bonds is 7. The number of benzene rings is 1. The minimum atomic E-state index is -0.431. The van der Waals surface area contributed by atoms with Crippen molar-refractivity contribution in [2.24, 2.45) is 11.3 Å². The lowest BCUT2D eigenvalue weighted by atomic mass is 9.75. The van der Waals surface area contributed by atoms with Crippen LogP contribution < -0.4 is 10.9 Å². The fraction of sp³-hybridized carbons (Fsp3) is 0.682. The number of carbonyl (C=O) groups is 1. The highest BCUT2D eigenvalue weighted by Crippen LogP contribution is 2.35. The lowest BCUT2D eigenvalue weighted by Crippen LogP contribution is -2.52. The number of ether oxygens (including phenoxy) is 1. The minimum absolute atomic E-state index is 0.0314. The van der Waals surface area contributed by atoms with Crippen LogP contribution in [-0.2, 0) is 16.0 Å². The zero-order valence-corrected chi connectivity index (χ0v) is 17.0. The molecule has 27 heavy (non-hydrogen) atoms. The van der Waals surface area contributed by atoms with Crippen molar-refractivity contribution in [2.75, 3.05) is 26.2 Å². The molecule has 0 radical (unpaired) electrons. The van der Waals surface area contributed by atoms with Crippen LogP contribution in [0.15, 0.2) is 30.3 Å². The largest absolute Gasteiger partial charge is 0.466 e. The van der Waals surface area contributed by atoms with E-state index in [2.05, 4.69) is 53.9 Å². The van der Waals surface area contributed by atoms with Crippen LogP contribution in [0.5, 0.6) is 0 Å². The molecule has 2 aliphatic heterocycles. The summed E-state index contributed by atoms with van der Waals surface area (Å²) in [5.74, 6) is 0.594. The number of likely N-dealkylation sites (tertiary alicyclic amines) is 1. The summed E-state index contributed by atoms with van der Waals surface area (Å²) in [5, 5.41) is 0. The molecule has 2 aliphatic rings. The first-order chi connectivity index (χ1) is 13.0. The molecule has 0 bridgehead atoms. The number of nitrogens with zero attached hydrogens (tertiary/aromatic N) is 1. The second kappa shape index (κ2) is 9.18. The predicted molar refractivity (Wildman–Crippen MR) is 108 cm³/mol. The molecule has 3 rings (SSSR count). The third kappa shape index (κ3) is 5.09. The van der Waals surface area contributed by atoms with Gasteiger partial charge in [0.1, 0.15) is 0 Å². The van der Waals surface area contributed by atoms with E-state index in [0.29, 0.717) is 24.6 Å². The van der Waals surface area contributed by atoms with Gasteiger partial charge in [0.05, 0.1) is 12.0 Å². The SMILES string of the molecule is CCOC(=O)C1(Cc2ccccc2)CCCN(CC2CC(C(C)C)NN2)C1. The first-order valence-electron chi connectivity index (χ1n) is 10.5. The molecule has 150 valence electrons. The van der Waals surface area contributed by atoms with Crippen molar-refractivity contribution in [1.29, 1.82) is 0 Å². The number of piperidine rings is 1. The molecule has 5 heteroatoms. The van der Waals surface area contributed by atoms with Gasteiger partial charge < -0.3 is 9.64 Å². The monoisotopic (exact) mass is 373 g/mol. The van der Waals surface area contributed by atoms with Crippen molar-refractivity contribution in [2.45, 2.75) is 58.5 Å². The van der Waals surface area contributed by atoms with Crippen LogP contribution in [0, 0.1) is 11.3 Å². The van der Waals surface area contributed by atoms with Gasteiger partial charge in [0.25, 0.3) is 0 Å². The molecule has 3 atom stereocenters. The van der Waals surface area contributed by atoms with Gasteiger partial charge in [-0.15, -0.1) is 0 Å². The molecule has 0 spiro atoms. The fourth-order valence-corrected chi connectivity index (χ4v) is 4.56. The van der Waals surface area contributed by atoms with Crippen LogP contribution in [0.2, 0.25) is 0 Å². The van der Waals surface area contributed by atoms with Gasteiger partial charge in [-0.3, -0.25) is 15.6 Å². The molecule has 0 aromatic heterocycles. The molecular weight excluding hydrogens is 338 g/mol. The first-order valence-corrected chi connectivity index (χ1v) is 10.5. The van der Waals surface area contributed by atoms with E-state index in [-0.39, 0.29) is 5.97 Å². The van der Waals surface area contributed by atoms with Crippen molar-refractivity contribution in [1.82, 2.24) is 15.8 Å². The Bertz CT molecular complexity index is 607. The smallest absolute Gasteiger partial charge is 0.313 e. The lowest BCUT2D eigenvalue weighted by Gasteiger charge is -2.42. The Labute approximate surface area is 163 Å². The number of esters is 1. The quantitative estimate of drug-likeness (QED) is 0.720. The lowest BCUT2D eigenvalue weighted by molar-refractivity contribution is -0.159. The summed E-state index contributed by atoms with van der Waals surface area (Å²) >= 11 is 0. The summed E-state index contributed by atoms with van der Waals surface area (Å²) in [4.78, 5) is 15.4. The van der Waals surface area contributed by atoms with Crippen LogP contribution >= 0.6 is 0 Å². The zero-order valence-electron chi connectivity index (χ0n) is 17.0. The van der Waals surface area contributed by atoms with E-state index in [0.717, 1.165) is 45.3 Å². The summed E-state index contributed by atoms with van der Waals surface area (Å²) in [7, 11) is 0. The van der Waals surface area contributed by atoms with Gasteiger partial charge in [-0.25, -0.2) is 0 Å². The highest BCUT2D eigenvalue weighted by atomic mass is 16.5. The summed E-state index contributed by atoms with van der Waals surface area (Å²) in [6, 6.07) is 11.3. The highest BCUT2D eigenvalue weighted by molar-refractivity contribution is 5.77. The molecule has 1 aromatic rings. The van der Waals surface area contributed by atoms with Crippen molar-refractivity contribution >= 4 is 5.97 Å². The maximum absolute atomic E-state index is 13.0. The molecule has 0 amide bonds. The van der Waals surface area contributed by atoms with Crippen molar-refractivity contribution < 1.29 is 9.53 Å². The Morgan fingerprint density at radius 2 is 2.07 bits per heavy atom. The van der Waals surface area contributed by atoms with E-state index < -0.39 is 5.41 Å². The molecule has 2 N–H and O–H groups in total. The van der Waals surface area contributed by atoms with Gasteiger partial charge in [0.2, 0.25) is 0 Å². The third-order valence-electron chi connectivity index (χ3n) is 6.04. The molecule has 2 heterocycles. The van der Waals surface area contributed by atoms with Crippen LogP contribution in [0.3, 0.4) is 0 Å². The predicted octanol–water partition coefficient (Wildman–Crippen LogP) is 2.77. The van der Waals surface area contributed by atoms with Gasteiger partial charge in [0.15, 0.2) is 0 Å². The van der Waals surface area contributed by atoms with E-state index in [1.165, 1.54) is 5.56 Å². The molecular formula is C22H35N3O2. The minimum Gasteiger partial charge on any atom is -0.466 e. The molecule has 5 nitrogen and oxygen atoms in total. The van der Waals surface area contributed by atoms with Gasteiger partial charge in [-0.2, -0.15) is 0 Å².